The SMILES string of the molecule is O=C(CCCN1C(=O)c2ccccc2C1=O)Nc1ccc2c(c1)CCC(=O)N2. The highest BCUT2D eigenvalue weighted by atomic mass is 16.2. The van der Waals surface area contributed by atoms with Crippen LogP contribution in [0.4, 0.5) is 11.4 Å². The molecule has 28 heavy (non-hydrogen) atoms. The minimum Gasteiger partial charge on any atom is -0.326 e. The van der Waals surface area contributed by atoms with Crippen LogP contribution in [0.15, 0.2) is 42.5 Å². The van der Waals surface area contributed by atoms with Crippen molar-refractivity contribution in [2.45, 2.75) is 25.7 Å². The van der Waals surface area contributed by atoms with E-state index < -0.39 is 0 Å². The summed E-state index contributed by atoms with van der Waals surface area (Å²) in [6.07, 6.45) is 1.66. The lowest BCUT2D eigenvalue weighted by Gasteiger charge is -2.18. The molecule has 7 heteroatoms. The fourth-order valence-electron chi connectivity index (χ4n) is 3.52. The summed E-state index contributed by atoms with van der Waals surface area (Å²) in [6.45, 7) is 0.204. The summed E-state index contributed by atoms with van der Waals surface area (Å²) >= 11 is 0. The van der Waals surface area contributed by atoms with Crippen molar-refractivity contribution in [3.05, 3.63) is 59.2 Å². The number of hydrogen-bond acceptors (Lipinski definition) is 4. The Morgan fingerprint density at radius 1 is 1.00 bits per heavy atom. The molecule has 2 aliphatic rings. The molecule has 2 heterocycles. The van der Waals surface area contributed by atoms with Gasteiger partial charge >= 0.3 is 0 Å². The number of nitrogens with zero attached hydrogens (tertiary/aromatic N) is 1. The van der Waals surface area contributed by atoms with Gasteiger partial charge < -0.3 is 10.6 Å². The van der Waals surface area contributed by atoms with Gasteiger partial charge in [0.25, 0.3) is 11.8 Å². The van der Waals surface area contributed by atoms with Gasteiger partial charge in [-0.2, -0.15) is 0 Å². The molecule has 0 fully saturated rings. The molecule has 0 bridgehead atoms. The number of anilines is 2. The van der Waals surface area contributed by atoms with E-state index in [-0.39, 0.29) is 36.6 Å². The van der Waals surface area contributed by atoms with Crippen molar-refractivity contribution >= 4 is 35.0 Å². The second-order valence-corrected chi connectivity index (χ2v) is 6.88. The Kier molecular flexibility index (Phi) is 4.65. The van der Waals surface area contributed by atoms with Gasteiger partial charge in [-0.05, 0) is 48.7 Å². The molecule has 142 valence electrons. The van der Waals surface area contributed by atoms with Gasteiger partial charge in [0, 0.05) is 30.8 Å². The first-order valence-corrected chi connectivity index (χ1v) is 9.21. The smallest absolute Gasteiger partial charge is 0.261 e. The molecular weight excluding hydrogens is 358 g/mol. The monoisotopic (exact) mass is 377 g/mol. The van der Waals surface area contributed by atoms with Gasteiger partial charge in [-0.1, -0.05) is 12.1 Å². The molecule has 2 aromatic carbocycles. The Hall–Kier alpha value is -3.48. The number of benzene rings is 2. The van der Waals surface area contributed by atoms with Crippen LogP contribution >= 0.6 is 0 Å². The van der Waals surface area contributed by atoms with Crippen LogP contribution in [0.3, 0.4) is 0 Å². The van der Waals surface area contributed by atoms with E-state index in [1.165, 1.54) is 4.90 Å². The molecule has 0 saturated heterocycles. The number of fused-ring (bicyclic) bond motifs is 2. The van der Waals surface area contributed by atoms with E-state index in [0.29, 0.717) is 36.1 Å². The van der Waals surface area contributed by atoms with Crippen molar-refractivity contribution in [1.29, 1.82) is 0 Å². The third-order valence-electron chi connectivity index (χ3n) is 4.95. The lowest BCUT2D eigenvalue weighted by molar-refractivity contribution is -0.117. The lowest BCUT2D eigenvalue weighted by Crippen LogP contribution is -2.31. The molecule has 7 nitrogen and oxygen atoms in total. The molecule has 2 N–H and O–H groups in total. The first kappa shape index (κ1) is 17.9. The molecule has 4 rings (SSSR count). The lowest BCUT2D eigenvalue weighted by atomic mass is 10.0. The Morgan fingerprint density at radius 3 is 2.43 bits per heavy atom. The Morgan fingerprint density at radius 2 is 1.71 bits per heavy atom. The summed E-state index contributed by atoms with van der Waals surface area (Å²) in [5, 5.41) is 5.63. The Balaban J connectivity index is 1.31. The van der Waals surface area contributed by atoms with Gasteiger partial charge in [-0.3, -0.25) is 24.1 Å². The van der Waals surface area contributed by atoms with Crippen molar-refractivity contribution in [2.75, 3.05) is 17.2 Å². The van der Waals surface area contributed by atoms with E-state index in [4.69, 9.17) is 0 Å². The summed E-state index contributed by atoms with van der Waals surface area (Å²) in [4.78, 5) is 49.4. The van der Waals surface area contributed by atoms with Crippen molar-refractivity contribution in [1.82, 2.24) is 4.90 Å². The van der Waals surface area contributed by atoms with E-state index in [1.807, 2.05) is 6.07 Å². The van der Waals surface area contributed by atoms with E-state index in [9.17, 15) is 19.2 Å². The van der Waals surface area contributed by atoms with Crippen LogP contribution in [0.1, 0.15) is 45.5 Å². The summed E-state index contributed by atoms with van der Waals surface area (Å²) in [6, 6.07) is 12.1. The first-order chi connectivity index (χ1) is 13.5. The van der Waals surface area contributed by atoms with Crippen LogP contribution in [0.25, 0.3) is 0 Å². The fourth-order valence-corrected chi connectivity index (χ4v) is 3.52. The zero-order valence-electron chi connectivity index (χ0n) is 15.2. The highest BCUT2D eigenvalue weighted by Crippen LogP contribution is 2.26. The van der Waals surface area contributed by atoms with E-state index in [2.05, 4.69) is 10.6 Å². The van der Waals surface area contributed by atoms with Gasteiger partial charge in [0.1, 0.15) is 0 Å². The van der Waals surface area contributed by atoms with Crippen molar-refractivity contribution in [3.8, 4) is 0 Å². The highest BCUT2D eigenvalue weighted by Gasteiger charge is 2.34. The normalized spacial score (nSPS) is 15.1. The third kappa shape index (κ3) is 3.38. The Bertz CT molecular complexity index is 964. The van der Waals surface area contributed by atoms with Gasteiger partial charge in [0.2, 0.25) is 11.8 Å². The predicted molar refractivity (Wildman–Crippen MR) is 103 cm³/mol. The molecule has 0 aromatic heterocycles. The topological polar surface area (TPSA) is 95.6 Å². The quantitative estimate of drug-likeness (QED) is 0.783. The summed E-state index contributed by atoms with van der Waals surface area (Å²) < 4.78 is 0. The van der Waals surface area contributed by atoms with Crippen LogP contribution in [-0.4, -0.2) is 35.1 Å². The molecule has 2 aliphatic heterocycles. The maximum absolute atomic E-state index is 12.3. The predicted octanol–water partition coefficient (Wildman–Crippen LogP) is 2.59. The standard InChI is InChI=1S/C21H19N3O4/c25-18(22-14-8-9-17-13(12-14)7-10-19(26)23-17)6-3-11-24-20(27)15-4-1-2-5-16(15)21(24)28/h1-2,4-5,8-9,12H,3,6-7,10-11H2,(H,22,25)(H,23,26). The van der Waals surface area contributed by atoms with Gasteiger partial charge in [0.05, 0.1) is 11.1 Å². The number of carbonyl (C=O) groups is 4. The van der Waals surface area contributed by atoms with Crippen LogP contribution in [-0.2, 0) is 16.0 Å². The minimum absolute atomic E-state index is 0.00237. The average molecular weight is 377 g/mol. The number of aryl methyl sites for hydroxylation is 1. The highest BCUT2D eigenvalue weighted by molar-refractivity contribution is 6.21. The Labute approximate surface area is 161 Å². The first-order valence-electron chi connectivity index (χ1n) is 9.21. The third-order valence-corrected chi connectivity index (χ3v) is 4.95. The second kappa shape index (κ2) is 7.26. The van der Waals surface area contributed by atoms with Crippen LogP contribution < -0.4 is 10.6 Å². The minimum atomic E-state index is -0.308. The molecule has 0 aliphatic carbocycles. The summed E-state index contributed by atoms with van der Waals surface area (Å²) in [7, 11) is 0. The van der Waals surface area contributed by atoms with Gasteiger partial charge in [-0.15, -0.1) is 0 Å². The number of carbonyl (C=O) groups excluding carboxylic acids is 4. The molecule has 0 unspecified atom stereocenters. The molecule has 0 radical (unpaired) electrons. The largest absolute Gasteiger partial charge is 0.326 e. The number of nitrogens with one attached hydrogen (secondary N) is 2. The fraction of sp³-hybridized carbons (Fsp3) is 0.238. The van der Waals surface area contributed by atoms with E-state index >= 15 is 0 Å². The molecule has 0 spiro atoms. The molecular formula is C21H19N3O4. The average Bonchev–Trinajstić information content (AvgIpc) is 2.93. The van der Waals surface area contributed by atoms with E-state index in [0.717, 1.165) is 11.3 Å². The molecule has 0 atom stereocenters. The molecule has 2 aromatic rings. The van der Waals surface area contributed by atoms with Crippen LogP contribution in [0.5, 0.6) is 0 Å². The van der Waals surface area contributed by atoms with Crippen molar-refractivity contribution in [2.24, 2.45) is 0 Å². The molecule has 0 saturated carbocycles. The summed E-state index contributed by atoms with van der Waals surface area (Å²) in [5.41, 5.74) is 3.26. The van der Waals surface area contributed by atoms with Crippen molar-refractivity contribution < 1.29 is 19.2 Å². The van der Waals surface area contributed by atoms with E-state index in [1.54, 1.807) is 36.4 Å². The van der Waals surface area contributed by atoms with Gasteiger partial charge in [0.15, 0.2) is 0 Å². The molecule has 4 amide bonds. The van der Waals surface area contributed by atoms with Crippen LogP contribution in [0.2, 0.25) is 0 Å². The maximum atomic E-state index is 12.3. The van der Waals surface area contributed by atoms with Crippen molar-refractivity contribution in [3.63, 3.8) is 0 Å². The second-order valence-electron chi connectivity index (χ2n) is 6.88. The number of amides is 4. The zero-order chi connectivity index (χ0) is 19.7. The summed E-state index contributed by atoms with van der Waals surface area (Å²) in [5.74, 6) is -0.802. The number of rotatable bonds is 5. The number of imide groups is 1. The maximum Gasteiger partial charge on any atom is 0.261 e. The van der Waals surface area contributed by atoms with Crippen LogP contribution in [0, 0.1) is 0 Å². The number of hydrogen-bond donors (Lipinski definition) is 2. The zero-order valence-corrected chi connectivity index (χ0v) is 15.2. The van der Waals surface area contributed by atoms with Gasteiger partial charge in [-0.25, -0.2) is 0 Å².